The number of thiophene rings is 1. The minimum absolute atomic E-state index is 0.264. The van der Waals surface area contributed by atoms with Crippen LogP contribution in [0, 0.1) is 0 Å². The Morgan fingerprint density at radius 3 is 2.17 bits per heavy atom. The molecule has 0 radical (unpaired) electrons. The quantitative estimate of drug-likeness (QED) is 0.167. The van der Waals surface area contributed by atoms with Gasteiger partial charge in [-0.25, -0.2) is 0 Å². The molecule has 0 bridgehead atoms. The van der Waals surface area contributed by atoms with Crippen molar-refractivity contribution in [1.29, 1.82) is 0 Å². The van der Waals surface area contributed by atoms with Crippen LogP contribution in [0.1, 0.15) is 89.1 Å². The molecule has 2 aromatic heterocycles. The van der Waals surface area contributed by atoms with Crippen LogP contribution in [0.3, 0.4) is 0 Å². The highest BCUT2D eigenvalue weighted by atomic mass is 32.1. The van der Waals surface area contributed by atoms with Crippen molar-refractivity contribution >= 4 is 59.7 Å². The van der Waals surface area contributed by atoms with E-state index in [9.17, 15) is 0 Å². The average molecular weight is 838 g/mol. The third kappa shape index (κ3) is 5.01. The van der Waals surface area contributed by atoms with Gasteiger partial charge in [-0.2, -0.15) is 0 Å². The molecule has 3 unspecified atom stereocenters. The molecule has 64 heavy (non-hydrogen) atoms. The van der Waals surface area contributed by atoms with Crippen LogP contribution in [0.5, 0.6) is 0 Å². The Balaban J connectivity index is 1.14. The fourth-order valence-electron chi connectivity index (χ4n) is 13.0. The molecule has 0 saturated carbocycles. The smallest absolute Gasteiger partial charge is 0.0672 e. The zero-order valence-electron chi connectivity index (χ0n) is 36.3. The molecule has 0 N–H and O–H groups in total. The molecular weight excluding hydrogens is 791 g/mol. The van der Waals surface area contributed by atoms with Gasteiger partial charge >= 0.3 is 0 Å². The monoisotopic (exact) mass is 837 g/mol. The summed E-state index contributed by atoms with van der Waals surface area (Å²) in [7, 11) is 0. The molecule has 0 fully saturated rings. The van der Waals surface area contributed by atoms with E-state index in [0.29, 0.717) is 5.92 Å². The number of fused-ring (bicyclic) bond motifs is 17. The van der Waals surface area contributed by atoms with Crippen LogP contribution in [0.4, 0.5) is 0 Å². The van der Waals surface area contributed by atoms with Gasteiger partial charge in [-0.05, 0) is 145 Å². The van der Waals surface area contributed by atoms with Crippen molar-refractivity contribution in [2.24, 2.45) is 0 Å². The van der Waals surface area contributed by atoms with E-state index in [-0.39, 0.29) is 11.8 Å². The predicted molar refractivity (Wildman–Crippen MR) is 272 cm³/mol. The maximum atomic E-state index is 2.80. The molecule has 3 atom stereocenters. The second-order valence-electron chi connectivity index (χ2n) is 18.8. The van der Waals surface area contributed by atoms with Crippen LogP contribution < -0.4 is 0 Å². The number of benzene rings is 8. The van der Waals surface area contributed by atoms with Crippen molar-refractivity contribution in [3.05, 3.63) is 219 Å². The van der Waals surface area contributed by atoms with E-state index in [0.717, 1.165) is 32.1 Å². The summed E-state index contributed by atoms with van der Waals surface area (Å²) in [5, 5.41) is 6.81. The van der Waals surface area contributed by atoms with Gasteiger partial charge in [-0.15, -0.1) is 11.3 Å². The number of allylic oxidation sites excluding steroid dienone is 3. The molecule has 14 rings (SSSR count). The summed E-state index contributed by atoms with van der Waals surface area (Å²) in [6, 6.07) is 62.9. The highest BCUT2D eigenvalue weighted by molar-refractivity contribution is 7.20. The van der Waals surface area contributed by atoms with Crippen LogP contribution in [-0.2, 0) is 12.8 Å². The summed E-state index contributed by atoms with van der Waals surface area (Å²) in [6.07, 6.45) is 7.79. The van der Waals surface area contributed by atoms with Gasteiger partial charge < -0.3 is 4.57 Å². The molecule has 2 heterocycles. The molecule has 306 valence electrons. The number of nitrogens with zero attached hydrogens (tertiary/aromatic N) is 1. The minimum atomic E-state index is 0.264. The first kappa shape index (κ1) is 36.7. The predicted octanol–water partition coefficient (Wildman–Crippen LogP) is 17.0. The normalized spacial score (nSPS) is 18.5. The highest BCUT2D eigenvalue weighted by Gasteiger charge is 2.40. The Hall–Kier alpha value is -6.74. The fourth-order valence-corrected chi connectivity index (χ4v) is 14.4. The number of hydrogen-bond acceptors (Lipinski definition) is 1. The summed E-state index contributed by atoms with van der Waals surface area (Å²) in [5.41, 5.74) is 24.4. The van der Waals surface area contributed by atoms with Gasteiger partial charge in [0.25, 0.3) is 0 Å². The lowest BCUT2D eigenvalue weighted by Gasteiger charge is -2.31. The van der Waals surface area contributed by atoms with Crippen molar-refractivity contribution in [2.75, 3.05) is 0 Å². The first-order valence-electron chi connectivity index (χ1n) is 23.5. The standard InChI is InChI=1S/C62H47NS/c1-3-40-46(47-32-29-37-16-4-7-19-41(37)44-22-10-11-23-45(44)47)31-28-36(2)56-50-25-13-15-27-55(50)64-62(56)61(40)63-54-26-14-12-24-48(54)52-35-51-49-33-30-38-17-5-8-20-42(38)57(49)53-34-39-18-6-9-21-43(39)59(58(51)53)60(52)63/h4-27,30-31,33,35-36,47,53H,3,28-29,32,34H2,1-2H3. The van der Waals surface area contributed by atoms with Crippen molar-refractivity contribution < 1.29 is 0 Å². The molecule has 8 aromatic carbocycles. The van der Waals surface area contributed by atoms with Crippen LogP contribution >= 0.6 is 11.3 Å². The minimum Gasteiger partial charge on any atom is -0.307 e. The SMILES string of the molecule is CCC1=C(n2c3ccccc3c3cc4c5c(c32)-c2ccccc2CC5c2c-4ccc3ccccc23)c2sc3ccccc3c2C(C)CC=C1C1CCc2ccccc2-c2ccccc21. The Morgan fingerprint density at radius 2 is 1.30 bits per heavy atom. The number of rotatable bonds is 3. The van der Waals surface area contributed by atoms with E-state index in [1.807, 2.05) is 11.3 Å². The Morgan fingerprint density at radius 1 is 0.578 bits per heavy atom. The lowest BCUT2D eigenvalue weighted by molar-refractivity contribution is 0.695. The van der Waals surface area contributed by atoms with Crippen LogP contribution in [0.15, 0.2) is 181 Å². The van der Waals surface area contributed by atoms with Gasteiger partial charge in [0.15, 0.2) is 0 Å². The number of para-hydroxylation sites is 1. The third-order valence-electron chi connectivity index (χ3n) is 15.6. The van der Waals surface area contributed by atoms with Crippen LogP contribution in [0.2, 0.25) is 0 Å². The molecule has 4 aliphatic carbocycles. The Kier molecular flexibility index (Phi) is 7.96. The van der Waals surface area contributed by atoms with E-state index in [4.69, 9.17) is 0 Å². The van der Waals surface area contributed by atoms with Gasteiger partial charge in [0.05, 0.1) is 21.6 Å². The van der Waals surface area contributed by atoms with Crippen molar-refractivity contribution in [1.82, 2.24) is 4.57 Å². The van der Waals surface area contributed by atoms with Gasteiger partial charge in [-0.1, -0.05) is 166 Å². The molecule has 4 aliphatic rings. The summed E-state index contributed by atoms with van der Waals surface area (Å²) < 4.78 is 4.18. The summed E-state index contributed by atoms with van der Waals surface area (Å²) in [6.45, 7) is 4.92. The van der Waals surface area contributed by atoms with Gasteiger partial charge in [0.1, 0.15) is 0 Å². The van der Waals surface area contributed by atoms with Crippen molar-refractivity contribution in [2.45, 2.75) is 63.7 Å². The lowest BCUT2D eigenvalue weighted by atomic mass is 9.76. The fraction of sp³-hybridized carbons (Fsp3) is 0.161. The molecular formula is C62H47NS. The highest BCUT2D eigenvalue weighted by Crippen LogP contribution is 2.60. The second-order valence-corrected chi connectivity index (χ2v) is 19.8. The number of aromatic nitrogens is 1. The zero-order valence-corrected chi connectivity index (χ0v) is 37.1. The average Bonchev–Trinajstić information content (AvgIpc) is 3.95. The summed E-state index contributed by atoms with van der Waals surface area (Å²) in [4.78, 5) is 1.44. The number of aryl methyl sites for hydroxylation is 1. The maximum absolute atomic E-state index is 2.80. The third-order valence-corrected chi connectivity index (χ3v) is 16.8. The van der Waals surface area contributed by atoms with E-state index < -0.39 is 0 Å². The summed E-state index contributed by atoms with van der Waals surface area (Å²) in [5.74, 6) is 0.893. The van der Waals surface area contributed by atoms with Gasteiger partial charge in [0, 0.05) is 32.9 Å². The Bertz CT molecular complexity index is 3700. The first-order valence-corrected chi connectivity index (χ1v) is 24.3. The Labute approximate surface area is 378 Å². The maximum Gasteiger partial charge on any atom is 0.0672 e. The molecule has 10 aromatic rings. The molecule has 0 saturated heterocycles. The van der Waals surface area contributed by atoms with Crippen molar-refractivity contribution in [3.63, 3.8) is 0 Å². The van der Waals surface area contributed by atoms with Gasteiger partial charge in [-0.3, -0.25) is 0 Å². The van der Waals surface area contributed by atoms with Gasteiger partial charge in [0.2, 0.25) is 0 Å². The van der Waals surface area contributed by atoms with Crippen molar-refractivity contribution in [3.8, 4) is 33.4 Å². The van der Waals surface area contributed by atoms with E-state index >= 15 is 0 Å². The lowest BCUT2D eigenvalue weighted by Crippen LogP contribution is -2.15. The van der Waals surface area contributed by atoms with E-state index in [2.05, 4.69) is 188 Å². The van der Waals surface area contributed by atoms with Crippen LogP contribution in [0.25, 0.3) is 81.7 Å². The first-order chi connectivity index (χ1) is 31.7. The largest absolute Gasteiger partial charge is 0.307 e. The molecule has 1 nitrogen and oxygen atoms in total. The number of hydrogen-bond donors (Lipinski definition) is 0. The molecule has 0 aliphatic heterocycles. The molecule has 2 heteroatoms. The van der Waals surface area contributed by atoms with E-state index in [1.54, 1.807) is 0 Å². The summed E-state index contributed by atoms with van der Waals surface area (Å²) >= 11 is 2.02. The van der Waals surface area contributed by atoms with E-state index in [1.165, 1.54) is 131 Å². The molecule has 0 amide bonds. The topological polar surface area (TPSA) is 4.93 Å². The zero-order chi connectivity index (χ0) is 42.2. The van der Waals surface area contributed by atoms with Crippen LogP contribution in [-0.4, -0.2) is 4.57 Å². The molecule has 0 spiro atoms. The second kappa shape index (κ2) is 13.9.